The van der Waals surface area contributed by atoms with Gasteiger partial charge < -0.3 is 10.0 Å². The van der Waals surface area contributed by atoms with Crippen molar-refractivity contribution in [2.45, 2.75) is 32.4 Å². The predicted octanol–water partition coefficient (Wildman–Crippen LogP) is 1.70. The summed E-state index contributed by atoms with van der Waals surface area (Å²) in [6.07, 6.45) is 0. The Morgan fingerprint density at radius 1 is 1.41 bits per heavy atom. The zero-order chi connectivity index (χ0) is 13.2. The van der Waals surface area contributed by atoms with Gasteiger partial charge in [0.15, 0.2) is 0 Å². The second kappa shape index (κ2) is 5.29. The lowest BCUT2D eigenvalue weighted by Crippen LogP contribution is -2.54. The van der Waals surface area contributed by atoms with Crippen molar-refractivity contribution in [2.75, 3.05) is 18.8 Å². The molecule has 17 heavy (non-hydrogen) atoms. The third kappa shape index (κ3) is 4.22. The third-order valence-electron chi connectivity index (χ3n) is 2.99. The van der Waals surface area contributed by atoms with Gasteiger partial charge >= 0.3 is 5.97 Å². The Kier molecular flexibility index (Phi) is 4.47. The van der Waals surface area contributed by atoms with Crippen molar-refractivity contribution >= 4 is 23.6 Å². The first-order valence-corrected chi connectivity index (χ1v) is 6.84. The summed E-state index contributed by atoms with van der Waals surface area (Å²) in [4.78, 5) is 24.3. The normalized spacial score (nSPS) is 18.7. The number of carbonyl (C=O) groups is 2. The van der Waals surface area contributed by atoms with Crippen LogP contribution in [0.5, 0.6) is 0 Å². The molecule has 1 atom stereocenters. The molecule has 4 nitrogen and oxygen atoms in total. The highest BCUT2D eigenvalue weighted by Crippen LogP contribution is 2.27. The van der Waals surface area contributed by atoms with Crippen LogP contribution in [0.25, 0.3) is 0 Å². The summed E-state index contributed by atoms with van der Waals surface area (Å²) >= 11 is 1.63. The van der Waals surface area contributed by atoms with Gasteiger partial charge in [0.25, 0.3) is 0 Å². The Morgan fingerprint density at radius 3 is 2.35 bits per heavy atom. The fraction of sp³-hybridized carbons (Fsp3) is 0.833. The Balaban J connectivity index is 2.28. The Hall–Kier alpha value is -0.710. The SMILES string of the molecule is CC(C(=O)O)C1CN(C(=O)CSC(C)(C)C)C1. The van der Waals surface area contributed by atoms with Crippen LogP contribution in [0.15, 0.2) is 0 Å². The molecule has 0 aromatic heterocycles. The Bertz CT molecular complexity index is 305. The second-order valence-electron chi connectivity index (χ2n) is 5.59. The zero-order valence-electron chi connectivity index (χ0n) is 10.9. The van der Waals surface area contributed by atoms with Gasteiger partial charge in [-0.25, -0.2) is 0 Å². The van der Waals surface area contributed by atoms with E-state index in [9.17, 15) is 9.59 Å². The molecule has 1 rings (SSSR count). The molecule has 1 N–H and O–H groups in total. The largest absolute Gasteiger partial charge is 0.481 e. The molecule has 0 aromatic rings. The molecule has 1 heterocycles. The van der Waals surface area contributed by atoms with Crippen LogP contribution in [0.2, 0.25) is 0 Å². The van der Waals surface area contributed by atoms with Crippen molar-refractivity contribution in [3.05, 3.63) is 0 Å². The number of nitrogens with zero attached hydrogens (tertiary/aromatic N) is 1. The van der Waals surface area contributed by atoms with Crippen molar-refractivity contribution in [3.63, 3.8) is 0 Å². The molecule has 1 aliphatic rings. The van der Waals surface area contributed by atoms with Gasteiger partial charge in [-0.1, -0.05) is 27.7 Å². The van der Waals surface area contributed by atoms with Gasteiger partial charge in [-0.3, -0.25) is 9.59 Å². The number of thioether (sulfide) groups is 1. The molecule has 1 amide bonds. The van der Waals surface area contributed by atoms with Crippen molar-refractivity contribution in [1.29, 1.82) is 0 Å². The summed E-state index contributed by atoms with van der Waals surface area (Å²) < 4.78 is 0.0916. The van der Waals surface area contributed by atoms with Crippen molar-refractivity contribution in [2.24, 2.45) is 11.8 Å². The first kappa shape index (κ1) is 14.4. The van der Waals surface area contributed by atoms with E-state index in [1.807, 2.05) is 0 Å². The molecule has 1 fully saturated rings. The molecule has 0 radical (unpaired) electrons. The average Bonchev–Trinajstić information content (AvgIpc) is 2.10. The Labute approximate surface area is 107 Å². The lowest BCUT2D eigenvalue weighted by Gasteiger charge is -2.41. The van der Waals surface area contributed by atoms with Crippen LogP contribution < -0.4 is 0 Å². The van der Waals surface area contributed by atoms with Gasteiger partial charge in [0.1, 0.15) is 0 Å². The first-order valence-electron chi connectivity index (χ1n) is 5.85. The summed E-state index contributed by atoms with van der Waals surface area (Å²) in [6.45, 7) is 9.13. The number of carbonyl (C=O) groups excluding carboxylic acids is 1. The van der Waals surface area contributed by atoms with Crippen molar-refractivity contribution in [1.82, 2.24) is 4.90 Å². The van der Waals surface area contributed by atoms with E-state index in [1.165, 1.54) is 0 Å². The number of rotatable bonds is 4. The smallest absolute Gasteiger partial charge is 0.306 e. The van der Waals surface area contributed by atoms with Gasteiger partial charge in [0.05, 0.1) is 11.7 Å². The maximum atomic E-state index is 11.8. The average molecular weight is 259 g/mol. The first-order chi connectivity index (χ1) is 7.70. The van der Waals surface area contributed by atoms with Crippen molar-refractivity contribution in [3.8, 4) is 0 Å². The minimum atomic E-state index is -0.772. The summed E-state index contributed by atoms with van der Waals surface area (Å²) in [5.74, 6) is -0.396. The predicted molar refractivity (Wildman–Crippen MR) is 69.1 cm³/mol. The number of carboxylic acid groups (broad SMARTS) is 1. The van der Waals surface area contributed by atoms with Crippen LogP contribution in [-0.2, 0) is 9.59 Å². The minimum Gasteiger partial charge on any atom is -0.481 e. The fourth-order valence-corrected chi connectivity index (χ4v) is 2.34. The molecule has 0 aromatic carbocycles. The van der Waals surface area contributed by atoms with E-state index < -0.39 is 5.97 Å². The number of hydrogen-bond acceptors (Lipinski definition) is 3. The van der Waals surface area contributed by atoms with Crippen molar-refractivity contribution < 1.29 is 14.7 Å². The van der Waals surface area contributed by atoms with Gasteiger partial charge in [0.2, 0.25) is 5.91 Å². The van der Waals surface area contributed by atoms with E-state index >= 15 is 0 Å². The number of aliphatic carboxylic acids is 1. The highest BCUT2D eigenvalue weighted by atomic mass is 32.2. The molecule has 98 valence electrons. The molecule has 0 aliphatic carbocycles. The molecule has 5 heteroatoms. The second-order valence-corrected chi connectivity index (χ2v) is 7.39. The number of likely N-dealkylation sites (tertiary alicyclic amines) is 1. The van der Waals surface area contributed by atoms with Crippen LogP contribution in [0, 0.1) is 11.8 Å². The van der Waals surface area contributed by atoms with Crippen LogP contribution in [0.1, 0.15) is 27.7 Å². The molecule has 1 unspecified atom stereocenters. The molecule has 0 spiro atoms. The van der Waals surface area contributed by atoms with E-state index in [0.29, 0.717) is 18.8 Å². The molecular weight excluding hydrogens is 238 g/mol. The third-order valence-corrected chi connectivity index (χ3v) is 4.25. The van der Waals surface area contributed by atoms with Crippen LogP contribution in [0.4, 0.5) is 0 Å². The standard InChI is InChI=1S/C12H21NO3S/c1-8(11(15)16)9-5-13(6-9)10(14)7-17-12(2,3)4/h8-9H,5-7H2,1-4H3,(H,15,16). The number of hydrogen-bond donors (Lipinski definition) is 1. The summed E-state index contributed by atoms with van der Waals surface area (Å²) in [7, 11) is 0. The number of amides is 1. The van der Waals surface area contributed by atoms with Crippen LogP contribution in [0.3, 0.4) is 0 Å². The quantitative estimate of drug-likeness (QED) is 0.835. The van der Waals surface area contributed by atoms with Gasteiger partial charge in [-0.2, -0.15) is 0 Å². The van der Waals surface area contributed by atoms with Gasteiger partial charge in [-0.05, 0) is 0 Å². The maximum absolute atomic E-state index is 11.8. The summed E-state index contributed by atoms with van der Waals surface area (Å²) in [5, 5.41) is 8.84. The van der Waals surface area contributed by atoms with E-state index in [-0.39, 0.29) is 22.5 Å². The zero-order valence-corrected chi connectivity index (χ0v) is 11.7. The monoisotopic (exact) mass is 259 g/mol. The van der Waals surface area contributed by atoms with Gasteiger partial charge in [-0.15, -0.1) is 11.8 Å². The molecule has 0 saturated carbocycles. The van der Waals surface area contributed by atoms with Gasteiger partial charge in [0, 0.05) is 23.8 Å². The van der Waals surface area contributed by atoms with E-state index in [4.69, 9.17) is 5.11 Å². The van der Waals surface area contributed by atoms with Crippen LogP contribution >= 0.6 is 11.8 Å². The summed E-state index contributed by atoms with van der Waals surface area (Å²) in [5.41, 5.74) is 0. The van der Waals surface area contributed by atoms with E-state index in [0.717, 1.165) is 0 Å². The maximum Gasteiger partial charge on any atom is 0.306 e. The highest BCUT2D eigenvalue weighted by Gasteiger charge is 2.37. The minimum absolute atomic E-state index is 0.0916. The molecular formula is C12H21NO3S. The lowest BCUT2D eigenvalue weighted by molar-refractivity contribution is -0.149. The number of carboxylic acids is 1. The summed E-state index contributed by atoms with van der Waals surface area (Å²) in [6, 6.07) is 0. The molecule has 0 bridgehead atoms. The highest BCUT2D eigenvalue weighted by molar-refractivity contribution is 8.01. The van der Waals surface area contributed by atoms with E-state index in [1.54, 1.807) is 23.6 Å². The molecule has 1 aliphatic heterocycles. The van der Waals surface area contributed by atoms with E-state index in [2.05, 4.69) is 20.8 Å². The lowest BCUT2D eigenvalue weighted by atomic mass is 9.87. The molecule has 1 saturated heterocycles. The van der Waals surface area contributed by atoms with Crippen LogP contribution in [-0.4, -0.2) is 45.5 Å². The fourth-order valence-electron chi connectivity index (χ4n) is 1.60. The topological polar surface area (TPSA) is 57.6 Å². The Morgan fingerprint density at radius 2 is 1.94 bits per heavy atom.